The Morgan fingerprint density at radius 3 is 2.65 bits per heavy atom. The molecule has 1 N–H and O–H groups in total. The molecule has 1 aliphatic rings. The second-order valence-electron chi connectivity index (χ2n) is 5.75. The lowest BCUT2D eigenvalue weighted by Crippen LogP contribution is -2.13. The van der Waals surface area contributed by atoms with Gasteiger partial charge in [-0.15, -0.1) is 0 Å². The molecule has 0 atom stereocenters. The molecule has 0 radical (unpaired) electrons. The number of hydrogen-bond donors (Lipinski definition) is 1. The van der Waals surface area contributed by atoms with Gasteiger partial charge >= 0.3 is 0 Å². The van der Waals surface area contributed by atoms with E-state index in [-0.39, 0.29) is 0 Å². The second kappa shape index (κ2) is 9.02. The predicted molar refractivity (Wildman–Crippen MR) is 85.6 cm³/mol. The van der Waals surface area contributed by atoms with Crippen LogP contribution in [0, 0.1) is 0 Å². The molecule has 0 saturated heterocycles. The first kappa shape index (κ1) is 15.4. The molecule has 0 saturated carbocycles. The highest BCUT2D eigenvalue weighted by atomic mass is 16.5. The van der Waals surface area contributed by atoms with Gasteiger partial charge in [-0.25, -0.2) is 0 Å². The van der Waals surface area contributed by atoms with Gasteiger partial charge < -0.3 is 10.1 Å². The van der Waals surface area contributed by atoms with Crippen molar-refractivity contribution in [3.05, 3.63) is 29.3 Å². The first-order valence-electron chi connectivity index (χ1n) is 8.35. The van der Waals surface area contributed by atoms with E-state index in [0.717, 1.165) is 25.4 Å². The fraction of sp³-hybridized carbons (Fsp3) is 0.667. The molecule has 112 valence electrons. The molecule has 1 aromatic rings. The van der Waals surface area contributed by atoms with Crippen LogP contribution >= 0.6 is 0 Å². The van der Waals surface area contributed by atoms with Crippen LogP contribution < -0.4 is 10.1 Å². The molecule has 0 amide bonds. The summed E-state index contributed by atoms with van der Waals surface area (Å²) in [6, 6.07) is 6.68. The summed E-state index contributed by atoms with van der Waals surface area (Å²) < 4.78 is 5.88. The highest BCUT2D eigenvalue weighted by Crippen LogP contribution is 2.25. The molecule has 0 aromatic heterocycles. The lowest BCUT2D eigenvalue weighted by Gasteiger charge is -2.16. The summed E-state index contributed by atoms with van der Waals surface area (Å²) in [7, 11) is 0. The van der Waals surface area contributed by atoms with Gasteiger partial charge in [-0.2, -0.15) is 0 Å². The van der Waals surface area contributed by atoms with Crippen molar-refractivity contribution in [3.63, 3.8) is 0 Å². The van der Waals surface area contributed by atoms with Gasteiger partial charge in [0, 0.05) is 0 Å². The van der Waals surface area contributed by atoms with Crippen LogP contribution in [0.25, 0.3) is 0 Å². The molecule has 20 heavy (non-hydrogen) atoms. The van der Waals surface area contributed by atoms with Crippen molar-refractivity contribution in [2.45, 2.75) is 58.3 Å². The number of rotatable bonds is 9. The van der Waals surface area contributed by atoms with Crippen LogP contribution in [0.1, 0.15) is 56.6 Å². The first-order valence-corrected chi connectivity index (χ1v) is 8.35. The smallest absolute Gasteiger partial charge is 0.119 e. The fourth-order valence-corrected chi connectivity index (χ4v) is 2.87. The second-order valence-corrected chi connectivity index (χ2v) is 5.75. The Kier molecular flexibility index (Phi) is 6.93. The molecule has 2 rings (SSSR count). The Balaban J connectivity index is 1.60. The molecule has 1 aromatic carbocycles. The average Bonchev–Trinajstić information content (AvgIpc) is 2.50. The zero-order chi connectivity index (χ0) is 14.0. The van der Waals surface area contributed by atoms with Crippen LogP contribution in [-0.4, -0.2) is 19.7 Å². The van der Waals surface area contributed by atoms with E-state index in [1.54, 1.807) is 0 Å². The number of fused-ring (bicyclic) bond motifs is 1. The maximum absolute atomic E-state index is 5.88. The van der Waals surface area contributed by atoms with E-state index >= 15 is 0 Å². The Labute approximate surface area is 123 Å². The zero-order valence-corrected chi connectivity index (χ0v) is 12.9. The molecule has 0 fully saturated rings. The number of unbranched alkanes of at least 4 members (excludes halogenated alkanes) is 3. The van der Waals surface area contributed by atoms with E-state index in [1.165, 1.54) is 62.5 Å². The molecule has 0 spiro atoms. The molecule has 0 unspecified atom stereocenters. The molecule has 0 heterocycles. The Bertz CT molecular complexity index is 389. The van der Waals surface area contributed by atoms with Gasteiger partial charge in [-0.1, -0.05) is 25.8 Å². The number of aryl methyl sites for hydroxylation is 2. The molecule has 2 heteroatoms. The molecular weight excluding hydrogens is 246 g/mol. The summed E-state index contributed by atoms with van der Waals surface area (Å²) in [4.78, 5) is 0. The third kappa shape index (κ3) is 5.16. The molecular formula is C18H29NO. The van der Waals surface area contributed by atoms with Crippen LogP contribution in [-0.2, 0) is 12.8 Å². The van der Waals surface area contributed by atoms with Crippen molar-refractivity contribution in [1.82, 2.24) is 5.32 Å². The van der Waals surface area contributed by atoms with Gasteiger partial charge in [0.2, 0.25) is 0 Å². The van der Waals surface area contributed by atoms with E-state index in [1.807, 2.05) is 0 Å². The minimum Gasteiger partial charge on any atom is -0.494 e. The van der Waals surface area contributed by atoms with E-state index in [0.29, 0.717) is 0 Å². The monoisotopic (exact) mass is 275 g/mol. The maximum Gasteiger partial charge on any atom is 0.119 e. The number of benzene rings is 1. The van der Waals surface area contributed by atoms with Crippen molar-refractivity contribution in [3.8, 4) is 5.75 Å². The van der Waals surface area contributed by atoms with Crippen LogP contribution in [0.5, 0.6) is 5.75 Å². The lowest BCUT2D eigenvalue weighted by atomic mass is 9.92. The SMILES string of the molecule is CCNCCCCCCOc1ccc2c(c1)CCCC2. The summed E-state index contributed by atoms with van der Waals surface area (Å²) in [5.74, 6) is 1.07. The minimum absolute atomic E-state index is 0.861. The molecule has 1 aliphatic carbocycles. The third-order valence-electron chi connectivity index (χ3n) is 4.09. The minimum atomic E-state index is 0.861. The van der Waals surface area contributed by atoms with Crippen LogP contribution in [0.2, 0.25) is 0 Å². The number of ether oxygens (including phenoxy) is 1. The van der Waals surface area contributed by atoms with Crippen molar-refractivity contribution in [1.29, 1.82) is 0 Å². The number of hydrogen-bond acceptors (Lipinski definition) is 2. The van der Waals surface area contributed by atoms with Crippen molar-refractivity contribution >= 4 is 0 Å². The van der Waals surface area contributed by atoms with E-state index in [4.69, 9.17) is 4.74 Å². The van der Waals surface area contributed by atoms with Crippen molar-refractivity contribution in [2.24, 2.45) is 0 Å². The van der Waals surface area contributed by atoms with Gasteiger partial charge in [0.25, 0.3) is 0 Å². The third-order valence-corrected chi connectivity index (χ3v) is 4.09. The zero-order valence-electron chi connectivity index (χ0n) is 12.9. The van der Waals surface area contributed by atoms with Gasteiger partial charge in [0.05, 0.1) is 6.61 Å². The molecule has 0 aliphatic heterocycles. The standard InChI is InChI=1S/C18H29NO/c1-2-19-13-7-3-4-8-14-20-18-12-11-16-9-5-6-10-17(16)15-18/h11-12,15,19H,2-10,13-14H2,1H3. The van der Waals surface area contributed by atoms with Crippen molar-refractivity contribution < 1.29 is 4.74 Å². The highest BCUT2D eigenvalue weighted by molar-refractivity contribution is 5.37. The Hall–Kier alpha value is -1.02. The summed E-state index contributed by atoms with van der Waals surface area (Å²) in [5, 5.41) is 3.36. The summed E-state index contributed by atoms with van der Waals surface area (Å²) in [6.07, 6.45) is 10.2. The summed E-state index contributed by atoms with van der Waals surface area (Å²) in [6.45, 7) is 5.26. The molecule has 0 bridgehead atoms. The Morgan fingerprint density at radius 2 is 1.80 bits per heavy atom. The van der Waals surface area contributed by atoms with Gasteiger partial charge in [0.15, 0.2) is 0 Å². The van der Waals surface area contributed by atoms with Crippen LogP contribution in [0.3, 0.4) is 0 Å². The summed E-state index contributed by atoms with van der Waals surface area (Å²) >= 11 is 0. The first-order chi connectivity index (χ1) is 9.90. The quantitative estimate of drug-likeness (QED) is 0.685. The van der Waals surface area contributed by atoms with Crippen molar-refractivity contribution in [2.75, 3.05) is 19.7 Å². The van der Waals surface area contributed by atoms with E-state index in [2.05, 4.69) is 30.4 Å². The lowest BCUT2D eigenvalue weighted by molar-refractivity contribution is 0.304. The maximum atomic E-state index is 5.88. The van der Waals surface area contributed by atoms with Gasteiger partial charge in [0.1, 0.15) is 5.75 Å². The number of nitrogens with one attached hydrogen (secondary N) is 1. The Morgan fingerprint density at radius 1 is 1.00 bits per heavy atom. The fourth-order valence-electron chi connectivity index (χ4n) is 2.87. The van der Waals surface area contributed by atoms with E-state index < -0.39 is 0 Å². The topological polar surface area (TPSA) is 21.3 Å². The highest BCUT2D eigenvalue weighted by Gasteiger charge is 2.09. The summed E-state index contributed by atoms with van der Waals surface area (Å²) in [5.41, 5.74) is 3.05. The predicted octanol–water partition coefficient (Wildman–Crippen LogP) is 4.11. The van der Waals surface area contributed by atoms with Crippen LogP contribution in [0.4, 0.5) is 0 Å². The van der Waals surface area contributed by atoms with E-state index in [9.17, 15) is 0 Å². The average molecular weight is 275 g/mol. The normalized spacial score (nSPS) is 14.1. The van der Waals surface area contributed by atoms with Crippen LogP contribution in [0.15, 0.2) is 18.2 Å². The van der Waals surface area contributed by atoms with Gasteiger partial charge in [-0.05, 0) is 74.9 Å². The molecule has 2 nitrogen and oxygen atoms in total. The van der Waals surface area contributed by atoms with Gasteiger partial charge in [-0.3, -0.25) is 0 Å². The largest absolute Gasteiger partial charge is 0.494 e.